The Balaban J connectivity index is 0.00000318. The summed E-state index contributed by atoms with van der Waals surface area (Å²) in [5, 5.41) is 0. The van der Waals surface area contributed by atoms with Crippen molar-refractivity contribution in [3.8, 4) is 0 Å². The van der Waals surface area contributed by atoms with Crippen molar-refractivity contribution in [2.24, 2.45) is 52.3 Å². The summed E-state index contributed by atoms with van der Waals surface area (Å²) in [4.78, 5) is 8.00. The van der Waals surface area contributed by atoms with Gasteiger partial charge in [-0.2, -0.15) is 0 Å². The Hall–Kier alpha value is -2.69. The smallest absolute Gasteiger partial charge is 0.106 e. The molecule has 3 aliphatic carbocycles. The molecule has 2 fully saturated rings. The highest BCUT2D eigenvalue weighted by atomic mass is 16.5. The second kappa shape index (κ2) is 20.3. The summed E-state index contributed by atoms with van der Waals surface area (Å²) in [5.41, 5.74) is 7.39. The van der Waals surface area contributed by atoms with Crippen LogP contribution >= 0.6 is 0 Å². The average Bonchev–Trinajstić information content (AvgIpc) is 3.36. The molecule has 298 valence electrons. The van der Waals surface area contributed by atoms with Gasteiger partial charge in [0, 0.05) is 19.6 Å². The minimum absolute atomic E-state index is 0. The van der Waals surface area contributed by atoms with Crippen molar-refractivity contribution in [2.75, 3.05) is 13.2 Å². The van der Waals surface area contributed by atoms with Crippen molar-refractivity contribution in [3.63, 3.8) is 0 Å². The summed E-state index contributed by atoms with van der Waals surface area (Å²) in [7, 11) is 0. The van der Waals surface area contributed by atoms with Crippen molar-refractivity contribution in [1.82, 2.24) is 0 Å². The molecule has 4 nitrogen and oxygen atoms in total. The maximum Gasteiger partial charge on any atom is 0.106 e. The van der Waals surface area contributed by atoms with Gasteiger partial charge in [0.05, 0.1) is 5.76 Å². The zero-order valence-corrected chi connectivity index (χ0v) is 35.3. The van der Waals surface area contributed by atoms with Gasteiger partial charge in [0.2, 0.25) is 0 Å². The molecule has 4 heteroatoms. The number of rotatable bonds is 21. The van der Waals surface area contributed by atoms with Crippen molar-refractivity contribution in [1.29, 1.82) is 0 Å². The first kappa shape index (κ1) is 46.5. The lowest BCUT2D eigenvalue weighted by Gasteiger charge is -2.34. The van der Waals surface area contributed by atoms with E-state index in [1.54, 1.807) is 11.1 Å². The van der Waals surface area contributed by atoms with E-state index in [-0.39, 0.29) is 11.1 Å². The molecule has 4 rings (SSSR count). The Labute approximate surface area is 326 Å². The molecule has 6 atom stereocenters. The zero-order valence-electron chi connectivity index (χ0n) is 35.3. The Kier molecular flexibility index (Phi) is 17.8. The molecule has 3 aliphatic rings. The van der Waals surface area contributed by atoms with Crippen LogP contribution in [0.4, 0.5) is 0 Å². The summed E-state index contributed by atoms with van der Waals surface area (Å²) >= 11 is 0. The Morgan fingerprint density at radius 1 is 0.962 bits per heavy atom. The van der Waals surface area contributed by atoms with Crippen LogP contribution in [0.25, 0.3) is 0 Å². The fraction of sp³-hybridized carbons (Fsp3) is 0.653. The minimum Gasteiger partial charge on any atom is -0.493 e. The quantitative estimate of drug-likeness (QED) is 0.0547. The van der Waals surface area contributed by atoms with E-state index in [0.29, 0.717) is 40.4 Å². The van der Waals surface area contributed by atoms with Gasteiger partial charge in [0.1, 0.15) is 12.4 Å². The minimum atomic E-state index is -0.210. The molecule has 0 bridgehead atoms. The van der Waals surface area contributed by atoms with Gasteiger partial charge in [-0.05, 0) is 160 Å². The molecule has 0 amide bonds. The number of hydrogen-bond acceptors (Lipinski definition) is 3. The van der Waals surface area contributed by atoms with Gasteiger partial charge < -0.3 is 19.7 Å². The lowest BCUT2D eigenvalue weighted by atomic mass is 9.74. The SMILES string of the molecule is C=CCCC(CCOCC1C(C[C@@H](CC(=C)OC(C)(C)C)C2Cc3ccccc3C2)CC2C1C2(C)C)C(=C)C(=C)CCCC(=C)CC(C)(C)C.C=O.O. The molecule has 0 radical (unpaired) electrons. The first-order valence-electron chi connectivity index (χ1n) is 20.3. The maximum absolute atomic E-state index is 8.00. The second-order valence-corrected chi connectivity index (χ2v) is 19.4. The topological polar surface area (TPSA) is 67.0 Å². The third-order valence-corrected chi connectivity index (χ3v) is 12.4. The fourth-order valence-electron chi connectivity index (χ4n) is 10.0. The van der Waals surface area contributed by atoms with Gasteiger partial charge in [0.15, 0.2) is 0 Å². The largest absolute Gasteiger partial charge is 0.493 e. The first-order chi connectivity index (χ1) is 24.4. The van der Waals surface area contributed by atoms with Crippen molar-refractivity contribution in [3.05, 3.63) is 96.8 Å². The molecular formula is C49H78O4. The van der Waals surface area contributed by atoms with Gasteiger partial charge in [-0.3, -0.25) is 0 Å². The van der Waals surface area contributed by atoms with Crippen molar-refractivity contribution in [2.45, 2.75) is 138 Å². The summed E-state index contributed by atoms with van der Waals surface area (Å²) < 4.78 is 13.0. The van der Waals surface area contributed by atoms with Crippen LogP contribution < -0.4 is 0 Å². The molecule has 53 heavy (non-hydrogen) atoms. The number of fused-ring (bicyclic) bond motifs is 2. The highest BCUT2D eigenvalue weighted by Gasteiger charge is 2.66. The molecule has 1 aromatic carbocycles. The zero-order chi connectivity index (χ0) is 38.9. The number of allylic oxidation sites excluding steroid dienone is 5. The monoisotopic (exact) mass is 731 g/mol. The molecule has 1 aromatic rings. The maximum atomic E-state index is 8.00. The molecular weight excluding hydrogens is 653 g/mol. The molecule has 0 aromatic heterocycles. The summed E-state index contributed by atoms with van der Waals surface area (Å²) in [6, 6.07) is 9.09. The highest BCUT2D eigenvalue weighted by Crippen LogP contribution is 2.71. The van der Waals surface area contributed by atoms with Crippen molar-refractivity contribution >= 4 is 6.79 Å². The predicted octanol–water partition coefficient (Wildman–Crippen LogP) is 12.3. The molecule has 0 heterocycles. The number of ether oxygens (including phenoxy) is 2. The Morgan fingerprint density at radius 2 is 1.58 bits per heavy atom. The van der Waals surface area contributed by atoms with Crippen LogP contribution in [-0.4, -0.2) is 31.1 Å². The molecule has 2 N–H and O–H groups in total. The van der Waals surface area contributed by atoms with Crippen LogP contribution in [0.5, 0.6) is 0 Å². The van der Waals surface area contributed by atoms with E-state index >= 15 is 0 Å². The third-order valence-electron chi connectivity index (χ3n) is 12.4. The predicted molar refractivity (Wildman–Crippen MR) is 227 cm³/mol. The molecule has 5 unspecified atom stereocenters. The van der Waals surface area contributed by atoms with Crippen LogP contribution in [0.3, 0.4) is 0 Å². The van der Waals surface area contributed by atoms with Crippen LogP contribution in [0.2, 0.25) is 0 Å². The third kappa shape index (κ3) is 13.8. The van der Waals surface area contributed by atoms with E-state index in [0.717, 1.165) is 82.2 Å². The van der Waals surface area contributed by atoms with Crippen molar-refractivity contribution < 1.29 is 19.7 Å². The highest BCUT2D eigenvalue weighted by molar-refractivity contribution is 5.32. The normalized spacial score (nSPS) is 22.6. The lowest BCUT2D eigenvalue weighted by Crippen LogP contribution is -2.28. The molecule has 2 saturated carbocycles. The van der Waals surface area contributed by atoms with E-state index < -0.39 is 0 Å². The molecule has 0 aliphatic heterocycles. The Bertz CT molecular complexity index is 1340. The van der Waals surface area contributed by atoms with Gasteiger partial charge in [0.25, 0.3) is 0 Å². The van der Waals surface area contributed by atoms with Gasteiger partial charge >= 0.3 is 0 Å². The number of benzene rings is 1. The van der Waals surface area contributed by atoms with E-state index in [1.165, 1.54) is 42.4 Å². The van der Waals surface area contributed by atoms with E-state index in [4.69, 9.17) is 14.3 Å². The van der Waals surface area contributed by atoms with Crippen LogP contribution in [0, 0.1) is 52.3 Å². The summed E-state index contributed by atoms with van der Waals surface area (Å²) in [5.74, 6) is 5.52. The Morgan fingerprint density at radius 3 is 2.15 bits per heavy atom. The number of hydrogen-bond donors (Lipinski definition) is 0. The van der Waals surface area contributed by atoms with Crippen LogP contribution in [0.1, 0.15) is 131 Å². The van der Waals surface area contributed by atoms with Gasteiger partial charge in [-0.15, -0.1) is 6.58 Å². The summed E-state index contributed by atoms with van der Waals surface area (Å²) in [6.45, 7) is 43.8. The van der Waals surface area contributed by atoms with Gasteiger partial charge in [-0.1, -0.05) is 102 Å². The van der Waals surface area contributed by atoms with E-state index in [1.807, 2.05) is 12.9 Å². The van der Waals surface area contributed by atoms with E-state index in [9.17, 15) is 0 Å². The first-order valence-corrected chi connectivity index (χ1v) is 20.3. The van der Waals surface area contributed by atoms with E-state index in [2.05, 4.69) is 113 Å². The lowest BCUT2D eigenvalue weighted by molar-refractivity contribution is -0.0980. The number of carbonyl (C=O) groups is 1. The fourth-order valence-corrected chi connectivity index (χ4v) is 10.0. The average molecular weight is 731 g/mol. The second-order valence-electron chi connectivity index (χ2n) is 19.4. The number of carbonyl (C=O) groups excluding carboxylic acids is 1. The van der Waals surface area contributed by atoms with Crippen LogP contribution in [0.15, 0.2) is 85.7 Å². The summed E-state index contributed by atoms with van der Waals surface area (Å²) in [6.07, 6.45) is 15.3. The van der Waals surface area contributed by atoms with Crippen LogP contribution in [-0.2, 0) is 27.1 Å². The standard InChI is InChI=1S/C48H74O2.CH2O.H2O/c1-14-15-21-37(36(5)34(3)20-18-19-33(2)31-46(6,7)8)24-25-49-32-43-42(30-44-45(43)48(44,12)13)29-40(26-35(4)50-47(9,10)11)41-27-38-22-16-17-23-39(38)28-41;1-2;/h14,16-17,22-23,37,40-45H,1-5,15,18-21,24-32H2,6-13H3;1H2;1H2/t37?,40-,42?,43?,44?,45?;;/m1../s1. The molecule has 0 spiro atoms. The molecule has 0 saturated heterocycles. The van der Waals surface area contributed by atoms with Gasteiger partial charge in [-0.25, -0.2) is 0 Å².